The summed E-state index contributed by atoms with van der Waals surface area (Å²) in [6.45, 7) is 2.20. The van der Waals surface area contributed by atoms with Crippen LogP contribution in [-0.2, 0) is 9.53 Å². The number of carbonyl (C=O) groups excluding carboxylic acids is 1. The molecule has 0 fully saturated rings. The van der Waals surface area contributed by atoms with Gasteiger partial charge in [0.05, 0.1) is 0 Å². The van der Waals surface area contributed by atoms with E-state index in [-0.39, 0.29) is 6.61 Å². The first-order valence-electron chi connectivity index (χ1n) is 7.18. The van der Waals surface area contributed by atoms with Crippen molar-refractivity contribution < 1.29 is 9.53 Å². The number of rotatable bonds is 9. The van der Waals surface area contributed by atoms with Crippen LogP contribution in [0.25, 0.3) is 0 Å². The summed E-state index contributed by atoms with van der Waals surface area (Å²) < 4.78 is 2.67. The van der Waals surface area contributed by atoms with Gasteiger partial charge in [-0.25, -0.2) is 4.79 Å². The van der Waals surface area contributed by atoms with Gasteiger partial charge in [0.15, 0.2) is 6.61 Å². The molecule has 0 rings (SSSR count). The third kappa shape index (κ3) is 12.9. The van der Waals surface area contributed by atoms with Crippen LogP contribution >= 0.6 is 34.8 Å². The average Bonchev–Trinajstić information content (AvgIpc) is 2.38. The Morgan fingerprint density at radius 1 is 0.950 bits per heavy atom. The van der Waals surface area contributed by atoms with Crippen molar-refractivity contribution in [3.05, 3.63) is 0 Å². The number of ether oxygens (including phenoxy) is 1. The Morgan fingerprint density at radius 3 is 2.05 bits per heavy atom. The minimum atomic E-state index is -2.01. The van der Waals surface area contributed by atoms with Crippen LogP contribution in [0.3, 0.4) is 0 Å². The molecule has 20 heavy (non-hydrogen) atoms. The molecule has 0 radical (unpaired) electrons. The van der Waals surface area contributed by atoms with Crippen molar-refractivity contribution >= 4 is 40.8 Å². The molecule has 0 aliphatic rings. The van der Waals surface area contributed by atoms with Crippen LogP contribution in [0.4, 0.5) is 0 Å². The Balaban J connectivity index is 3.36. The van der Waals surface area contributed by atoms with E-state index in [0.717, 1.165) is 12.8 Å². The van der Waals surface area contributed by atoms with Gasteiger partial charge in [-0.15, -0.1) is 0 Å². The Kier molecular flexibility index (Phi) is 12.6. The average molecular weight is 342 g/mol. The first-order chi connectivity index (χ1) is 9.48. The Labute approximate surface area is 137 Å². The SMILES string of the molecule is CCCCCCCCCCC#CCOC(=O)C(Cl)(Cl)Cl. The van der Waals surface area contributed by atoms with Gasteiger partial charge in [0.1, 0.15) is 0 Å². The van der Waals surface area contributed by atoms with E-state index in [1.807, 2.05) is 0 Å². The van der Waals surface area contributed by atoms with Crippen molar-refractivity contribution in [2.24, 2.45) is 0 Å². The van der Waals surface area contributed by atoms with Crippen molar-refractivity contribution in [1.82, 2.24) is 0 Å². The Morgan fingerprint density at radius 2 is 1.50 bits per heavy atom. The fourth-order valence-corrected chi connectivity index (χ4v) is 1.83. The number of halogens is 3. The lowest BCUT2D eigenvalue weighted by Crippen LogP contribution is -2.21. The standard InChI is InChI=1S/C15H23Cl3O2/c1-2-3-4-5-6-7-8-9-10-11-12-13-20-14(19)15(16,17)18/h2-10,13H2,1H3. The minimum Gasteiger partial charge on any atom is -0.449 e. The van der Waals surface area contributed by atoms with Crippen molar-refractivity contribution in [2.45, 2.75) is 68.5 Å². The van der Waals surface area contributed by atoms with Gasteiger partial charge in [0.2, 0.25) is 0 Å². The molecule has 0 aromatic rings. The lowest BCUT2D eigenvalue weighted by Gasteiger charge is -2.07. The highest BCUT2D eigenvalue weighted by atomic mass is 35.6. The largest absolute Gasteiger partial charge is 0.449 e. The van der Waals surface area contributed by atoms with Gasteiger partial charge >= 0.3 is 5.97 Å². The zero-order valence-electron chi connectivity index (χ0n) is 12.0. The highest BCUT2D eigenvalue weighted by Crippen LogP contribution is 2.27. The number of hydrogen-bond acceptors (Lipinski definition) is 2. The summed E-state index contributed by atoms with van der Waals surface area (Å²) >= 11 is 16.0. The van der Waals surface area contributed by atoms with E-state index in [4.69, 9.17) is 34.8 Å². The molecule has 0 aromatic carbocycles. The summed E-state index contributed by atoms with van der Waals surface area (Å²) in [5.74, 6) is 4.80. The molecule has 0 unspecified atom stereocenters. The third-order valence-corrected chi connectivity index (χ3v) is 3.25. The molecule has 0 aliphatic heterocycles. The van der Waals surface area contributed by atoms with Crippen LogP contribution in [0.5, 0.6) is 0 Å². The molecular formula is C15H23Cl3O2. The van der Waals surface area contributed by atoms with Gasteiger partial charge in [-0.2, -0.15) is 0 Å². The molecule has 0 saturated carbocycles. The first-order valence-corrected chi connectivity index (χ1v) is 8.31. The second-order valence-electron chi connectivity index (χ2n) is 4.65. The van der Waals surface area contributed by atoms with Crippen LogP contribution < -0.4 is 0 Å². The van der Waals surface area contributed by atoms with E-state index < -0.39 is 9.76 Å². The molecule has 5 heteroatoms. The zero-order chi connectivity index (χ0) is 15.3. The molecule has 0 N–H and O–H groups in total. The smallest absolute Gasteiger partial charge is 0.359 e. The van der Waals surface area contributed by atoms with Gasteiger partial charge in [0.25, 0.3) is 3.79 Å². The number of unbranched alkanes of at least 4 members (excludes halogenated alkanes) is 8. The van der Waals surface area contributed by atoms with E-state index in [2.05, 4.69) is 23.5 Å². The number of hydrogen-bond donors (Lipinski definition) is 0. The molecule has 0 saturated heterocycles. The molecule has 116 valence electrons. The van der Waals surface area contributed by atoms with E-state index >= 15 is 0 Å². The van der Waals surface area contributed by atoms with Crippen molar-refractivity contribution in [3.8, 4) is 11.8 Å². The van der Waals surface area contributed by atoms with E-state index in [9.17, 15) is 4.79 Å². The number of alkyl halides is 3. The summed E-state index contributed by atoms with van der Waals surface area (Å²) in [5, 5.41) is 0. The van der Waals surface area contributed by atoms with Gasteiger partial charge in [-0.3, -0.25) is 0 Å². The maximum absolute atomic E-state index is 11.1. The topological polar surface area (TPSA) is 26.3 Å². The fraction of sp³-hybridized carbons (Fsp3) is 0.800. The summed E-state index contributed by atoms with van der Waals surface area (Å²) in [5.41, 5.74) is 0. The molecule has 0 atom stereocenters. The summed E-state index contributed by atoms with van der Waals surface area (Å²) in [7, 11) is 0. The van der Waals surface area contributed by atoms with Crippen molar-refractivity contribution in [3.63, 3.8) is 0 Å². The number of esters is 1. The van der Waals surface area contributed by atoms with Crippen LogP contribution in [0, 0.1) is 11.8 Å². The second kappa shape index (κ2) is 12.6. The lowest BCUT2D eigenvalue weighted by atomic mass is 10.1. The first kappa shape index (κ1) is 19.9. The normalized spacial score (nSPS) is 10.8. The summed E-state index contributed by atoms with van der Waals surface area (Å²) in [6.07, 6.45) is 11.0. The lowest BCUT2D eigenvalue weighted by molar-refractivity contribution is -0.141. The van der Waals surface area contributed by atoms with Crippen LogP contribution in [0.1, 0.15) is 64.7 Å². The van der Waals surface area contributed by atoms with Crippen molar-refractivity contribution in [1.29, 1.82) is 0 Å². The predicted octanol–water partition coefficient (Wildman–Crippen LogP) is 5.43. The molecule has 0 bridgehead atoms. The fourth-order valence-electron chi connectivity index (χ4n) is 1.67. The molecule has 2 nitrogen and oxygen atoms in total. The molecule has 0 aliphatic carbocycles. The molecule has 0 spiro atoms. The Hall–Kier alpha value is -0.100. The molecule has 0 heterocycles. The maximum atomic E-state index is 11.1. The molecule has 0 amide bonds. The van der Waals surface area contributed by atoms with E-state index in [1.165, 1.54) is 44.9 Å². The van der Waals surface area contributed by atoms with E-state index in [1.54, 1.807) is 0 Å². The zero-order valence-corrected chi connectivity index (χ0v) is 14.3. The van der Waals surface area contributed by atoms with Crippen LogP contribution in [0.2, 0.25) is 0 Å². The van der Waals surface area contributed by atoms with Gasteiger partial charge in [-0.05, 0) is 6.42 Å². The van der Waals surface area contributed by atoms with Gasteiger partial charge < -0.3 is 4.74 Å². The van der Waals surface area contributed by atoms with Gasteiger partial charge in [-0.1, -0.05) is 98.5 Å². The molecular weight excluding hydrogens is 319 g/mol. The quantitative estimate of drug-likeness (QED) is 0.242. The summed E-state index contributed by atoms with van der Waals surface area (Å²) in [6, 6.07) is 0. The van der Waals surface area contributed by atoms with Gasteiger partial charge in [0, 0.05) is 6.42 Å². The highest BCUT2D eigenvalue weighted by molar-refractivity contribution is 6.75. The third-order valence-electron chi connectivity index (χ3n) is 2.79. The predicted molar refractivity (Wildman–Crippen MR) is 86.3 cm³/mol. The highest BCUT2D eigenvalue weighted by Gasteiger charge is 2.32. The van der Waals surface area contributed by atoms with Crippen molar-refractivity contribution in [2.75, 3.05) is 6.61 Å². The monoisotopic (exact) mass is 340 g/mol. The molecule has 0 aromatic heterocycles. The maximum Gasteiger partial charge on any atom is 0.359 e. The second-order valence-corrected chi connectivity index (χ2v) is 6.93. The summed E-state index contributed by atoms with van der Waals surface area (Å²) in [4.78, 5) is 11.1. The van der Waals surface area contributed by atoms with E-state index in [0.29, 0.717) is 0 Å². The Bertz CT molecular complexity index is 313. The van der Waals surface area contributed by atoms with Crippen LogP contribution in [-0.4, -0.2) is 16.4 Å². The minimum absolute atomic E-state index is 0.0240. The number of carbonyl (C=O) groups is 1. The van der Waals surface area contributed by atoms with Crippen LogP contribution in [0.15, 0.2) is 0 Å².